The molecule has 0 saturated carbocycles. The van der Waals surface area contributed by atoms with Gasteiger partial charge >= 0.3 is 0 Å². The minimum Gasteiger partial charge on any atom is -0.309 e. The van der Waals surface area contributed by atoms with Gasteiger partial charge in [0.2, 0.25) is 0 Å². The third-order valence-corrected chi connectivity index (χ3v) is 9.86. The van der Waals surface area contributed by atoms with Crippen molar-refractivity contribution in [1.29, 1.82) is 15.8 Å². The molecule has 0 N–H and O–H groups in total. The summed E-state index contributed by atoms with van der Waals surface area (Å²) < 4.78 is 4.48. The molecule has 6 heteroatoms. The molecule has 6 nitrogen and oxygen atoms in total. The minimum absolute atomic E-state index is 0.402. The molecule has 0 radical (unpaired) electrons. The zero-order valence-electron chi connectivity index (χ0n) is 27.5. The summed E-state index contributed by atoms with van der Waals surface area (Å²) in [7, 11) is 0. The summed E-state index contributed by atoms with van der Waals surface area (Å²) in [5, 5.41) is 34.5. The van der Waals surface area contributed by atoms with Gasteiger partial charge in [-0.3, -0.25) is 0 Å². The van der Waals surface area contributed by atoms with Gasteiger partial charge in [0.25, 0.3) is 0 Å². The van der Waals surface area contributed by atoms with Gasteiger partial charge in [0, 0.05) is 49.6 Å². The van der Waals surface area contributed by atoms with Gasteiger partial charge in [0.1, 0.15) is 0 Å². The Kier molecular flexibility index (Phi) is 6.91. The Hall–Kier alpha value is -7.90. The summed E-state index contributed by atoms with van der Waals surface area (Å²) in [6.45, 7) is 7.98. The Morgan fingerprint density at radius 1 is 0.462 bits per heavy atom. The Bertz CT molecular complexity index is 3010. The lowest BCUT2D eigenvalue weighted by atomic mass is 9.92. The van der Waals surface area contributed by atoms with Crippen LogP contribution in [0.4, 0.5) is 5.69 Å². The van der Waals surface area contributed by atoms with Crippen LogP contribution in [0.1, 0.15) is 16.7 Å². The van der Waals surface area contributed by atoms with E-state index in [1.54, 1.807) is 36.4 Å². The maximum absolute atomic E-state index is 10.2. The number of nitrogens with zero attached hydrogens (tertiary/aromatic N) is 6. The van der Waals surface area contributed by atoms with Gasteiger partial charge in [0.05, 0.1) is 58.0 Å². The van der Waals surface area contributed by atoms with Gasteiger partial charge in [-0.05, 0) is 71.8 Å². The number of rotatable bonds is 4. The van der Waals surface area contributed by atoms with Crippen LogP contribution in [0.2, 0.25) is 0 Å². The van der Waals surface area contributed by atoms with E-state index < -0.39 is 0 Å². The predicted molar refractivity (Wildman–Crippen MR) is 206 cm³/mol. The number of fused-ring (bicyclic) bond motifs is 6. The van der Waals surface area contributed by atoms with Crippen molar-refractivity contribution in [3.63, 3.8) is 0 Å². The van der Waals surface area contributed by atoms with E-state index >= 15 is 0 Å². The second kappa shape index (κ2) is 11.9. The smallest absolute Gasteiger partial charge is 0.196 e. The lowest BCUT2D eigenvalue weighted by Gasteiger charge is -2.14. The van der Waals surface area contributed by atoms with Crippen LogP contribution in [0.3, 0.4) is 0 Å². The second-order valence-electron chi connectivity index (χ2n) is 12.5. The van der Waals surface area contributed by atoms with Crippen molar-refractivity contribution in [3.8, 4) is 51.8 Å². The molecule has 2 aromatic heterocycles. The molecule has 0 aliphatic rings. The van der Waals surface area contributed by atoms with Crippen LogP contribution < -0.4 is 0 Å². The first kappa shape index (κ1) is 30.2. The predicted octanol–water partition coefficient (Wildman–Crippen LogP) is 11.4. The Morgan fingerprint density at radius 2 is 1.00 bits per heavy atom. The summed E-state index contributed by atoms with van der Waals surface area (Å²) in [5.41, 5.74) is 10.2. The Balaban J connectivity index is 1.40. The molecule has 0 atom stereocenters. The van der Waals surface area contributed by atoms with E-state index in [9.17, 15) is 15.8 Å². The molecule has 0 fully saturated rings. The number of nitriles is 3. The number of hydrogen-bond donors (Lipinski definition) is 0. The highest BCUT2D eigenvalue weighted by molar-refractivity contribution is 6.18. The molecule has 2 heterocycles. The molecule has 0 amide bonds. The first-order chi connectivity index (χ1) is 25.6. The maximum atomic E-state index is 10.2. The number of hydrogen-bond acceptors (Lipinski definition) is 3. The first-order valence-corrected chi connectivity index (χ1v) is 16.7. The molecule has 0 aliphatic carbocycles. The highest BCUT2D eigenvalue weighted by Crippen LogP contribution is 2.44. The second-order valence-corrected chi connectivity index (χ2v) is 12.5. The monoisotopic (exact) mass is 660 g/mol. The van der Waals surface area contributed by atoms with E-state index in [4.69, 9.17) is 6.57 Å². The summed E-state index contributed by atoms with van der Waals surface area (Å²) in [5.74, 6) is 0. The molecule has 0 spiro atoms. The lowest BCUT2D eigenvalue weighted by molar-refractivity contribution is 1.13. The standard InChI is InChI=1S/C46H24N6/c1-50-39-18-7-12-32(28-49)45(39)38-17-9-21-42-46(38)37-23-22-29(44-30(26-47)10-6-11-31(44)27-48)24-43(37)52(42)34-14-8-13-33(25-34)51-40-19-4-2-15-35(40)36-16-3-5-20-41(36)51/h2-25H. The van der Waals surface area contributed by atoms with E-state index in [1.165, 1.54) is 10.8 Å². The van der Waals surface area contributed by atoms with Gasteiger partial charge in [-0.15, -0.1) is 0 Å². The average Bonchev–Trinajstić information content (AvgIpc) is 3.73. The van der Waals surface area contributed by atoms with Crippen LogP contribution >= 0.6 is 0 Å². The van der Waals surface area contributed by atoms with Crippen LogP contribution in [-0.2, 0) is 0 Å². The molecular formula is C46H24N6. The van der Waals surface area contributed by atoms with Crippen LogP contribution in [-0.4, -0.2) is 9.13 Å². The fraction of sp³-hybridized carbons (Fsp3) is 0. The van der Waals surface area contributed by atoms with Crippen LogP contribution in [0.25, 0.3) is 82.1 Å². The zero-order valence-corrected chi connectivity index (χ0v) is 27.5. The molecule has 0 aliphatic heterocycles. The van der Waals surface area contributed by atoms with E-state index in [1.807, 2.05) is 30.3 Å². The summed E-state index contributed by atoms with van der Waals surface area (Å²) in [6, 6.07) is 54.5. The summed E-state index contributed by atoms with van der Waals surface area (Å²) in [6.07, 6.45) is 0. The third kappa shape index (κ3) is 4.40. The molecule has 0 bridgehead atoms. The van der Waals surface area contributed by atoms with Crippen molar-refractivity contribution in [2.24, 2.45) is 0 Å². The number of para-hydroxylation sites is 2. The van der Waals surface area contributed by atoms with Crippen LogP contribution in [0.5, 0.6) is 0 Å². The Labute approximate surface area is 298 Å². The topological polar surface area (TPSA) is 85.6 Å². The summed E-state index contributed by atoms with van der Waals surface area (Å²) in [4.78, 5) is 3.82. The van der Waals surface area contributed by atoms with Crippen LogP contribution in [0, 0.1) is 40.6 Å². The van der Waals surface area contributed by atoms with Gasteiger partial charge in [0.15, 0.2) is 5.69 Å². The first-order valence-electron chi connectivity index (χ1n) is 16.7. The largest absolute Gasteiger partial charge is 0.309 e. The highest BCUT2D eigenvalue weighted by atomic mass is 15.0. The van der Waals surface area contributed by atoms with Crippen molar-refractivity contribution in [3.05, 3.63) is 174 Å². The molecule has 9 rings (SSSR count). The van der Waals surface area contributed by atoms with E-state index in [0.717, 1.165) is 55.3 Å². The van der Waals surface area contributed by atoms with E-state index in [-0.39, 0.29) is 0 Å². The van der Waals surface area contributed by atoms with E-state index in [0.29, 0.717) is 33.5 Å². The van der Waals surface area contributed by atoms with Gasteiger partial charge in [-0.25, -0.2) is 4.85 Å². The molecule has 0 unspecified atom stereocenters. The van der Waals surface area contributed by atoms with Gasteiger partial charge in [-0.1, -0.05) is 84.9 Å². The SMILES string of the molecule is [C-]#[N+]c1cccc(C#N)c1-c1cccc2c1c1ccc(-c3c(C#N)cccc3C#N)cc1n2-c1cccc(-n2c3ccccc3c3ccccc32)c1. The number of benzene rings is 7. The fourth-order valence-electron chi connectivity index (χ4n) is 7.74. The number of aromatic nitrogens is 2. The quantitative estimate of drug-likeness (QED) is 0.176. The normalized spacial score (nSPS) is 11.0. The molecule has 7 aromatic carbocycles. The van der Waals surface area contributed by atoms with Gasteiger partial charge < -0.3 is 9.13 Å². The Morgan fingerprint density at radius 3 is 1.63 bits per heavy atom. The molecule has 238 valence electrons. The van der Waals surface area contributed by atoms with Gasteiger partial charge in [-0.2, -0.15) is 15.8 Å². The molecule has 0 saturated heterocycles. The fourth-order valence-corrected chi connectivity index (χ4v) is 7.74. The highest BCUT2D eigenvalue weighted by Gasteiger charge is 2.22. The van der Waals surface area contributed by atoms with Crippen LogP contribution in [0.15, 0.2) is 146 Å². The maximum Gasteiger partial charge on any atom is 0.196 e. The van der Waals surface area contributed by atoms with Crippen molar-refractivity contribution in [2.45, 2.75) is 0 Å². The lowest BCUT2D eigenvalue weighted by Crippen LogP contribution is -1.99. The van der Waals surface area contributed by atoms with Crippen molar-refractivity contribution >= 4 is 49.3 Å². The minimum atomic E-state index is 0.402. The van der Waals surface area contributed by atoms with Crippen molar-refractivity contribution in [2.75, 3.05) is 0 Å². The average molecular weight is 661 g/mol. The molecular weight excluding hydrogens is 637 g/mol. The van der Waals surface area contributed by atoms with Crippen molar-refractivity contribution in [1.82, 2.24) is 9.13 Å². The third-order valence-electron chi connectivity index (χ3n) is 9.86. The summed E-state index contributed by atoms with van der Waals surface area (Å²) >= 11 is 0. The zero-order chi connectivity index (χ0) is 35.3. The van der Waals surface area contributed by atoms with Crippen molar-refractivity contribution < 1.29 is 0 Å². The van der Waals surface area contributed by atoms with E-state index in [2.05, 4.69) is 111 Å². The molecule has 9 aromatic rings. The molecule has 52 heavy (non-hydrogen) atoms.